The van der Waals surface area contributed by atoms with E-state index in [1.165, 1.54) is 6.33 Å². The average Bonchev–Trinajstić information content (AvgIpc) is 3.30. The van der Waals surface area contributed by atoms with E-state index in [4.69, 9.17) is 16.2 Å². The number of aromatic nitrogens is 4. The number of amidine groups is 1. The monoisotopic (exact) mass is 392 g/mol. The lowest BCUT2D eigenvalue weighted by atomic mass is 10.0. The van der Waals surface area contributed by atoms with Gasteiger partial charge in [-0.1, -0.05) is 12.1 Å². The van der Waals surface area contributed by atoms with Crippen LogP contribution in [0.5, 0.6) is 0 Å². The fourth-order valence-electron chi connectivity index (χ4n) is 3.74. The predicted octanol–water partition coefficient (Wildman–Crippen LogP) is 0.153. The number of nitrogens with two attached hydrogens (primary N) is 2. The third-order valence-electron chi connectivity index (χ3n) is 5.29. The van der Waals surface area contributed by atoms with E-state index >= 15 is 0 Å². The van der Waals surface area contributed by atoms with Crippen LogP contribution in [-0.2, 0) is 22.6 Å². The molecule has 4 N–H and O–H groups in total. The van der Waals surface area contributed by atoms with Crippen LogP contribution in [0.1, 0.15) is 11.1 Å². The number of hydrogen-bond donors (Lipinski definition) is 2. The van der Waals surface area contributed by atoms with Gasteiger partial charge in [0.05, 0.1) is 25.1 Å². The molecular weight excluding hydrogens is 372 g/mol. The fraction of sp³-hybridized carbons (Fsp3) is 0.316. The van der Waals surface area contributed by atoms with Crippen LogP contribution in [0, 0.1) is 0 Å². The van der Waals surface area contributed by atoms with Gasteiger partial charge in [0.15, 0.2) is 5.65 Å². The lowest BCUT2D eigenvalue weighted by molar-refractivity contribution is -0.136. The molecular formula is C19H20N8O2. The highest BCUT2D eigenvalue weighted by Crippen LogP contribution is 2.32. The molecule has 148 valence electrons. The van der Waals surface area contributed by atoms with Crippen molar-refractivity contribution in [3.63, 3.8) is 0 Å². The van der Waals surface area contributed by atoms with Crippen molar-refractivity contribution in [3.05, 3.63) is 35.7 Å². The van der Waals surface area contributed by atoms with Gasteiger partial charge in [0.1, 0.15) is 30.2 Å². The normalized spacial score (nSPS) is 16.1. The summed E-state index contributed by atoms with van der Waals surface area (Å²) in [5.74, 6) is 0.793. The molecule has 5 rings (SSSR count). The van der Waals surface area contributed by atoms with Crippen LogP contribution in [0.15, 0.2) is 29.5 Å². The van der Waals surface area contributed by atoms with E-state index in [9.17, 15) is 4.79 Å². The molecule has 0 bridgehead atoms. The number of nitrogens with zero attached hydrogens (tertiary/aromatic N) is 6. The zero-order chi connectivity index (χ0) is 20.0. The first kappa shape index (κ1) is 17.6. The summed E-state index contributed by atoms with van der Waals surface area (Å²) in [6.45, 7) is 2.89. The van der Waals surface area contributed by atoms with Crippen LogP contribution in [-0.4, -0.2) is 62.7 Å². The van der Waals surface area contributed by atoms with Gasteiger partial charge in [-0.3, -0.25) is 9.79 Å². The van der Waals surface area contributed by atoms with Crippen LogP contribution in [0.4, 0.5) is 5.82 Å². The second-order valence-electron chi connectivity index (χ2n) is 7.03. The molecule has 0 saturated carbocycles. The topological polar surface area (TPSA) is 138 Å². The highest BCUT2D eigenvalue weighted by Gasteiger charge is 2.23. The molecule has 1 aromatic carbocycles. The van der Waals surface area contributed by atoms with Crippen molar-refractivity contribution in [1.29, 1.82) is 0 Å². The maximum Gasteiger partial charge on any atom is 0.244 e. The number of fused-ring (bicyclic) bond motifs is 2. The third-order valence-corrected chi connectivity index (χ3v) is 5.29. The summed E-state index contributed by atoms with van der Waals surface area (Å²) in [4.78, 5) is 27.2. The Balaban J connectivity index is 1.57. The molecule has 2 aliphatic heterocycles. The van der Waals surface area contributed by atoms with Gasteiger partial charge in [-0.15, -0.1) is 0 Å². The summed E-state index contributed by atoms with van der Waals surface area (Å²) in [6, 6.07) is 5.89. The Morgan fingerprint density at radius 1 is 1.17 bits per heavy atom. The Morgan fingerprint density at radius 3 is 2.83 bits per heavy atom. The molecule has 0 aliphatic carbocycles. The van der Waals surface area contributed by atoms with Crippen molar-refractivity contribution in [2.45, 2.75) is 13.1 Å². The van der Waals surface area contributed by atoms with Crippen LogP contribution >= 0.6 is 0 Å². The fourth-order valence-corrected chi connectivity index (χ4v) is 3.74. The van der Waals surface area contributed by atoms with Gasteiger partial charge in [-0.05, 0) is 11.6 Å². The Hall–Kier alpha value is -3.53. The number of benzene rings is 1. The van der Waals surface area contributed by atoms with E-state index in [2.05, 4.69) is 20.1 Å². The van der Waals surface area contributed by atoms with Crippen molar-refractivity contribution < 1.29 is 9.53 Å². The number of amides is 1. The van der Waals surface area contributed by atoms with Crippen molar-refractivity contribution in [3.8, 4) is 11.3 Å². The maximum absolute atomic E-state index is 12.7. The standard InChI is InChI=1S/C19H20N8O2/c20-17-13-7-11(1-2-12(13)8-22-17)16-15-18(21)23-10-24-19(15)27(25-16)9-14(28)26-3-5-29-6-4-26/h1-2,7,10H,3-6,8-9H2,(H2,20,22)(H2,21,23,24). The molecule has 0 radical (unpaired) electrons. The van der Waals surface area contributed by atoms with E-state index < -0.39 is 0 Å². The molecule has 1 saturated heterocycles. The smallest absolute Gasteiger partial charge is 0.244 e. The zero-order valence-corrected chi connectivity index (χ0v) is 15.7. The second-order valence-corrected chi connectivity index (χ2v) is 7.03. The molecule has 29 heavy (non-hydrogen) atoms. The molecule has 1 fully saturated rings. The zero-order valence-electron chi connectivity index (χ0n) is 15.7. The van der Waals surface area contributed by atoms with E-state index in [1.807, 2.05) is 18.2 Å². The quantitative estimate of drug-likeness (QED) is 0.647. The van der Waals surface area contributed by atoms with E-state index in [0.29, 0.717) is 61.2 Å². The Bertz CT molecular complexity index is 1150. The van der Waals surface area contributed by atoms with Gasteiger partial charge >= 0.3 is 0 Å². The van der Waals surface area contributed by atoms with Crippen molar-refractivity contribution in [1.82, 2.24) is 24.6 Å². The first-order chi connectivity index (χ1) is 14.1. The number of carbonyl (C=O) groups excluding carboxylic acids is 1. The number of rotatable bonds is 3. The lowest BCUT2D eigenvalue weighted by Gasteiger charge is -2.26. The van der Waals surface area contributed by atoms with Gasteiger partial charge in [-0.2, -0.15) is 5.10 Å². The summed E-state index contributed by atoms with van der Waals surface area (Å²) in [6.07, 6.45) is 1.38. The van der Waals surface area contributed by atoms with Gasteiger partial charge in [-0.25, -0.2) is 14.6 Å². The summed E-state index contributed by atoms with van der Waals surface area (Å²) in [7, 11) is 0. The molecule has 4 heterocycles. The lowest BCUT2D eigenvalue weighted by Crippen LogP contribution is -2.42. The maximum atomic E-state index is 12.7. The average molecular weight is 392 g/mol. The number of hydrogen-bond acceptors (Lipinski definition) is 8. The highest BCUT2D eigenvalue weighted by molar-refractivity contribution is 6.04. The Labute approximate surface area is 166 Å². The molecule has 1 amide bonds. The van der Waals surface area contributed by atoms with Gasteiger partial charge < -0.3 is 21.1 Å². The van der Waals surface area contributed by atoms with Crippen LogP contribution < -0.4 is 11.5 Å². The van der Waals surface area contributed by atoms with Gasteiger partial charge in [0, 0.05) is 24.2 Å². The second kappa shape index (κ2) is 6.82. The van der Waals surface area contributed by atoms with Crippen LogP contribution in [0.2, 0.25) is 0 Å². The minimum Gasteiger partial charge on any atom is -0.383 e. The molecule has 10 heteroatoms. The highest BCUT2D eigenvalue weighted by atomic mass is 16.5. The van der Waals surface area contributed by atoms with Crippen molar-refractivity contribution in [2.75, 3.05) is 32.0 Å². The van der Waals surface area contributed by atoms with E-state index in [0.717, 1.165) is 16.7 Å². The number of ether oxygens (including phenoxy) is 1. The molecule has 10 nitrogen and oxygen atoms in total. The molecule has 3 aromatic rings. The SMILES string of the molecule is NC1=NCc2ccc(-c3nn(CC(=O)N4CCOCC4)c4ncnc(N)c34)cc21. The summed E-state index contributed by atoms with van der Waals surface area (Å²) < 4.78 is 6.91. The van der Waals surface area contributed by atoms with Crippen molar-refractivity contribution >= 4 is 28.6 Å². The van der Waals surface area contributed by atoms with Gasteiger partial charge in [0.2, 0.25) is 5.91 Å². The number of carbonyl (C=O) groups is 1. The third kappa shape index (κ3) is 2.97. The number of aliphatic imine (C=N–C) groups is 1. The van der Waals surface area contributed by atoms with Crippen LogP contribution in [0.3, 0.4) is 0 Å². The van der Waals surface area contributed by atoms with Gasteiger partial charge in [0.25, 0.3) is 0 Å². The number of nitrogen functional groups attached to an aromatic ring is 1. The molecule has 2 aromatic heterocycles. The molecule has 0 atom stereocenters. The predicted molar refractivity (Wildman–Crippen MR) is 107 cm³/mol. The summed E-state index contributed by atoms with van der Waals surface area (Å²) >= 11 is 0. The molecule has 0 unspecified atom stereocenters. The first-order valence-corrected chi connectivity index (χ1v) is 9.38. The molecule has 2 aliphatic rings. The summed E-state index contributed by atoms with van der Waals surface area (Å²) in [5.41, 5.74) is 16.1. The summed E-state index contributed by atoms with van der Waals surface area (Å²) in [5, 5.41) is 5.30. The largest absolute Gasteiger partial charge is 0.383 e. The minimum absolute atomic E-state index is 0.0354. The van der Waals surface area contributed by atoms with Crippen LogP contribution in [0.25, 0.3) is 22.3 Å². The number of anilines is 1. The molecule has 0 spiro atoms. The van der Waals surface area contributed by atoms with Crippen molar-refractivity contribution in [2.24, 2.45) is 10.7 Å². The minimum atomic E-state index is -0.0354. The van der Waals surface area contributed by atoms with E-state index in [1.54, 1.807) is 9.58 Å². The van der Waals surface area contributed by atoms with E-state index in [-0.39, 0.29) is 12.5 Å². The Kier molecular flexibility index (Phi) is 4.13. The Morgan fingerprint density at radius 2 is 2.00 bits per heavy atom. The first-order valence-electron chi connectivity index (χ1n) is 9.38. The number of morpholine rings is 1.